The molecule has 1 unspecified atom stereocenters. The van der Waals surface area contributed by atoms with E-state index in [1.54, 1.807) is 12.1 Å². The van der Waals surface area contributed by atoms with Crippen molar-refractivity contribution in [1.29, 1.82) is 0 Å². The highest BCUT2D eigenvalue weighted by atomic mass is 19.2. The van der Waals surface area contributed by atoms with Crippen LogP contribution >= 0.6 is 0 Å². The number of nitrogens with zero attached hydrogens (tertiary/aromatic N) is 1. The van der Waals surface area contributed by atoms with Crippen molar-refractivity contribution in [3.05, 3.63) is 71.3 Å². The van der Waals surface area contributed by atoms with E-state index in [4.69, 9.17) is 5.11 Å². The number of piperidine rings is 1. The molecule has 5 heteroatoms. The maximum Gasteiger partial charge on any atom is 0.304 e. The van der Waals surface area contributed by atoms with Crippen molar-refractivity contribution in [3.63, 3.8) is 0 Å². The Labute approximate surface area is 183 Å². The average molecular weight is 428 g/mol. The molecule has 0 bridgehead atoms. The zero-order chi connectivity index (χ0) is 21.8. The molecule has 0 spiro atoms. The second-order valence-corrected chi connectivity index (χ2v) is 9.43. The number of hydrogen-bond acceptors (Lipinski definition) is 2. The Bertz CT molecular complexity index is 894. The third-order valence-electron chi connectivity index (χ3n) is 7.35. The lowest BCUT2D eigenvalue weighted by Gasteiger charge is -2.42. The predicted molar refractivity (Wildman–Crippen MR) is 117 cm³/mol. The molecule has 4 rings (SSSR count). The van der Waals surface area contributed by atoms with E-state index in [9.17, 15) is 13.6 Å². The third kappa shape index (κ3) is 5.51. The zero-order valence-corrected chi connectivity index (χ0v) is 17.9. The summed E-state index contributed by atoms with van der Waals surface area (Å²) in [5.74, 6) is -0.984. The molecule has 2 aromatic carbocycles. The van der Waals surface area contributed by atoms with Gasteiger partial charge in [-0.25, -0.2) is 8.78 Å². The average Bonchev–Trinajstić information content (AvgIpc) is 3.56. The number of likely N-dealkylation sites (tertiary alicyclic amines) is 1. The molecule has 1 aliphatic carbocycles. The van der Waals surface area contributed by atoms with Crippen LogP contribution in [0.25, 0.3) is 0 Å². The van der Waals surface area contributed by atoms with Crippen molar-refractivity contribution >= 4 is 5.97 Å². The summed E-state index contributed by atoms with van der Waals surface area (Å²) in [6.07, 6.45) is 5.80. The summed E-state index contributed by atoms with van der Waals surface area (Å²) < 4.78 is 28.3. The maximum absolute atomic E-state index is 14.5. The third-order valence-corrected chi connectivity index (χ3v) is 7.35. The van der Waals surface area contributed by atoms with Gasteiger partial charge in [0, 0.05) is 6.54 Å². The highest BCUT2D eigenvalue weighted by Crippen LogP contribution is 2.52. The van der Waals surface area contributed by atoms with Crippen molar-refractivity contribution in [3.8, 4) is 0 Å². The van der Waals surface area contributed by atoms with Gasteiger partial charge in [-0.05, 0) is 86.1 Å². The SMILES string of the molecule is O=C(O)CCN1CCC(CC[C@@H]2CC2c2ccccc2)(Cc2cccc(F)c2F)CC1. The van der Waals surface area contributed by atoms with Gasteiger partial charge >= 0.3 is 5.97 Å². The standard InChI is InChI=1S/C26H31F2NO2/c27-23-8-4-7-21(25(23)28)18-26(12-15-29(16-13-26)14-10-24(30)31)11-9-20-17-22(20)19-5-2-1-3-6-19/h1-8,20,22H,9-18H2,(H,30,31)/t20-,22?/m1/s1. The van der Waals surface area contributed by atoms with E-state index < -0.39 is 17.6 Å². The molecule has 0 amide bonds. The van der Waals surface area contributed by atoms with Crippen molar-refractivity contribution in [2.24, 2.45) is 11.3 Å². The first-order valence-corrected chi connectivity index (χ1v) is 11.4. The van der Waals surface area contributed by atoms with Gasteiger partial charge in [-0.1, -0.05) is 42.5 Å². The lowest BCUT2D eigenvalue weighted by molar-refractivity contribution is -0.137. The number of carboxylic acids is 1. The van der Waals surface area contributed by atoms with Crippen LogP contribution < -0.4 is 0 Å². The van der Waals surface area contributed by atoms with Gasteiger partial charge in [0.15, 0.2) is 11.6 Å². The van der Waals surface area contributed by atoms with Crippen LogP contribution in [-0.4, -0.2) is 35.6 Å². The fourth-order valence-electron chi connectivity index (χ4n) is 5.28. The number of aliphatic carboxylic acids is 1. The molecule has 1 heterocycles. The van der Waals surface area contributed by atoms with Crippen LogP contribution in [0.15, 0.2) is 48.5 Å². The first kappa shape index (κ1) is 21.9. The van der Waals surface area contributed by atoms with E-state index >= 15 is 0 Å². The van der Waals surface area contributed by atoms with Crippen molar-refractivity contribution < 1.29 is 18.7 Å². The van der Waals surface area contributed by atoms with Gasteiger partial charge in [-0.3, -0.25) is 4.79 Å². The number of carbonyl (C=O) groups is 1. The fraction of sp³-hybridized carbons (Fsp3) is 0.500. The predicted octanol–water partition coefficient (Wildman–Crippen LogP) is 5.65. The maximum atomic E-state index is 14.5. The van der Waals surface area contributed by atoms with Crippen LogP contribution in [0.4, 0.5) is 8.78 Å². The number of hydrogen-bond donors (Lipinski definition) is 1. The van der Waals surface area contributed by atoms with Crippen LogP contribution in [0.3, 0.4) is 0 Å². The second-order valence-electron chi connectivity index (χ2n) is 9.43. The van der Waals surface area contributed by atoms with Crippen LogP contribution in [0.1, 0.15) is 55.6 Å². The molecule has 2 aliphatic rings. The van der Waals surface area contributed by atoms with Gasteiger partial charge in [0.25, 0.3) is 0 Å². The molecule has 1 N–H and O–H groups in total. The summed E-state index contributed by atoms with van der Waals surface area (Å²) in [5.41, 5.74) is 1.81. The smallest absolute Gasteiger partial charge is 0.304 e. The molecular weight excluding hydrogens is 396 g/mol. The monoisotopic (exact) mass is 427 g/mol. The van der Waals surface area contributed by atoms with Gasteiger partial charge in [0.2, 0.25) is 0 Å². The fourth-order valence-corrected chi connectivity index (χ4v) is 5.28. The Hall–Kier alpha value is -2.27. The molecule has 166 valence electrons. The van der Waals surface area contributed by atoms with E-state index in [0.717, 1.165) is 38.8 Å². The molecule has 3 nitrogen and oxygen atoms in total. The molecule has 1 aliphatic heterocycles. The minimum Gasteiger partial charge on any atom is -0.481 e. The Morgan fingerprint density at radius 2 is 1.81 bits per heavy atom. The quantitative estimate of drug-likeness (QED) is 0.562. The van der Waals surface area contributed by atoms with E-state index in [1.165, 1.54) is 18.1 Å². The Morgan fingerprint density at radius 1 is 1.06 bits per heavy atom. The highest BCUT2D eigenvalue weighted by Gasteiger charge is 2.41. The Balaban J connectivity index is 1.42. The van der Waals surface area contributed by atoms with E-state index in [1.807, 2.05) is 6.07 Å². The molecule has 1 saturated carbocycles. The van der Waals surface area contributed by atoms with Crippen LogP contribution in [-0.2, 0) is 11.2 Å². The van der Waals surface area contributed by atoms with Gasteiger partial charge in [0.1, 0.15) is 0 Å². The van der Waals surface area contributed by atoms with E-state index in [0.29, 0.717) is 30.4 Å². The summed E-state index contributed by atoms with van der Waals surface area (Å²) in [4.78, 5) is 13.1. The largest absolute Gasteiger partial charge is 0.481 e. The van der Waals surface area contributed by atoms with Gasteiger partial charge in [0.05, 0.1) is 6.42 Å². The Morgan fingerprint density at radius 3 is 2.52 bits per heavy atom. The molecule has 1 saturated heterocycles. The van der Waals surface area contributed by atoms with E-state index in [-0.39, 0.29) is 11.8 Å². The normalized spacial score (nSPS) is 22.9. The lowest BCUT2D eigenvalue weighted by atomic mass is 9.70. The van der Waals surface area contributed by atoms with Crippen LogP contribution in [0.2, 0.25) is 0 Å². The zero-order valence-electron chi connectivity index (χ0n) is 17.9. The van der Waals surface area contributed by atoms with Gasteiger partial charge in [-0.15, -0.1) is 0 Å². The van der Waals surface area contributed by atoms with Gasteiger partial charge < -0.3 is 10.0 Å². The summed E-state index contributed by atoms with van der Waals surface area (Å²) >= 11 is 0. The molecule has 2 aromatic rings. The summed E-state index contributed by atoms with van der Waals surface area (Å²) in [6, 6.07) is 15.1. The van der Waals surface area contributed by atoms with E-state index in [2.05, 4.69) is 29.2 Å². The van der Waals surface area contributed by atoms with Crippen LogP contribution in [0, 0.1) is 23.0 Å². The highest BCUT2D eigenvalue weighted by molar-refractivity contribution is 5.66. The second kappa shape index (κ2) is 9.47. The van der Waals surface area contributed by atoms with Crippen molar-refractivity contribution in [1.82, 2.24) is 4.90 Å². The molecule has 2 atom stereocenters. The molecule has 0 radical (unpaired) electrons. The summed E-state index contributed by atoms with van der Waals surface area (Å²) in [7, 11) is 0. The number of carboxylic acid groups (broad SMARTS) is 1. The van der Waals surface area contributed by atoms with Crippen molar-refractivity contribution in [2.75, 3.05) is 19.6 Å². The molecular formula is C26H31F2NO2. The number of halogens is 2. The first-order chi connectivity index (χ1) is 15.0. The number of rotatable bonds is 9. The van der Waals surface area contributed by atoms with Crippen molar-refractivity contribution in [2.45, 2.75) is 50.9 Å². The molecule has 31 heavy (non-hydrogen) atoms. The van der Waals surface area contributed by atoms with Gasteiger partial charge in [-0.2, -0.15) is 0 Å². The van der Waals surface area contributed by atoms with Crippen LogP contribution in [0.5, 0.6) is 0 Å². The minimum atomic E-state index is -0.780. The molecule has 2 fully saturated rings. The topological polar surface area (TPSA) is 40.5 Å². The minimum absolute atomic E-state index is 0.0574. The Kier molecular flexibility index (Phi) is 6.71. The summed E-state index contributed by atoms with van der Waals surface area (Å²) in [5, 5.41) is 8.97. The first-order valence-electron chi connectivity index (χ1n) is 11.4. The number of benzene rings is 2. The lowest BCUT2D eigenvalue weighted by Crippen LogP contribution is -2.42. The molecule has 0 aromatic heterocycles. The summed E-state index contributed by atoms with van der Waals surface area (Å²) in [6.45, 7) is 2.19.